The van der Waals surface area contributed by atoms with Gasteiger partial charge in [-0.25, -0.2) is 0 Å². The zero-order valence-corrected chi connectivity index (χ0v) is 13.8. The number of hydrogen-bond acceptors (Lipinski definition) is 6. The molecule has 0 saturated carbocycles. The van der Waals surface area contributed by atoms with Crippen LogP contribution in [0.15, 0.2) is 11.4 Å². The highest BCUT2D eigenvalue weighted by atomic mass is 32.1. The van der Waals surface area contributed by atoms with Gasteiger partial charge < -0.3 is 10.1 Å². The Labute approximate surface area is 128 Å². The number of ether oxygens (including phenoxy) is 1. The fourth-order valence-electron chi connectivity index (χ4n) is 1.82. The SMILES string of the molecule is COc1ccsc1-c1nnc(CCCNCC(C)C)s1. The molecular weight excluding hydrogens is 290 g/mol. The topological polar surface area (TPSA) is 47.0 Å². The van der Waals surface area contributed by atoms with Crippen LogP contribution in [-0.4, -0.2) is 30.4 Å². The minimum atomic E-state index is 0.703. The summed E-state index contributed by atoms with van der Waals surface area (Å²) in [4.78, 5) is 1.08. The van der Waals surface area contributed by atoms with Crippen molar-refractivity contribution in [3.05, 3.63) is 16.5 Å². The molecule has 0 saturated heterocycles. The maximum Gasteiger partial charge on any atom is 0.161 e. The van der Waals surface area contributed by atoms with Gasteiger partial charge in [0, 0.05) is 6.42 Å². The predicted octanol–water partition coefficient (Wildman–Crippen LogP) is 3.45. The van der Waals surface area contributed by atoms with Crippen molar-refractivity contribution in [3.63, 3.8) is 0 Å². The van der Waals surface area contributed by atoms with Gasteiger partial charge in [0.1, 0.15) is 15.6 Å². The lowest BCUT2D eigenvalue weighted by molar-refractivity contribution is 0.418. The van der Waals surface area contributed by atoms with E-state index in [9.17, 15) is 0 Å². The third kappa shape index (κ3) is 4.26. The van der Waals surface area contributed by atoms with Crippen LogP contribution in [0.5, 0.6) is 5.75 Å². The standard InChI is InChI=1S/C14H21N3OS2/c1-10(2)9-15-7-4-5-12-16-17-14(20-12)13-11(18-3)6-8-19-13/h6,8,10,15H,4-5,7,9H2,1-3H3. The number of hydrogen-bond donors (Lipinski definition) is 1. The van der Waals surface area contributed by atoms with Crippen molar-refractivity contribution in [2.45, 2.75) is 26.7 Å². The van der Waals surface area contributed by atoms with Crippen molar-refractivity contribution >= 4 is 22.7 Å². The third-order valence-corrected chi connectivity index (χ3v) is 4.84. The first kappa shape index (κ1) is 15.4. The highest BCUT2D eigenvalue weighted by Gasteiger charge is 2.12. The van der Waals surface area contributed by atoms with Crippen molar-refractivity contribution in [1.29, 1.82) is 0 Å². The number of aromatic nitrogens is 2. The number of rotatable bonds is 8. The van der Waals surface area contributed by atoms with E-state index in [1.807, 2.05) is 11.4 Å². The van der Waals surface area contributed by atoms with Gasteiger partial charge in [-0.2, -0.15) is 0 Å². The maximum atomic E-state index is 5.32. The van der Waals surface area contributed by atoms with Gasteiger partial charge in [-0.1, -0.05) is 25.2 Å². The number of aryl methyl sites for hydroxylation is 1. The molecule has 110 valence electrons. The fourth-order valence-corrected chi connectivity index (χ4v) is 3.65. The van der Waals surface area contributed by atoms with Gasteiger partial charge in [0.2, 0.25) is 0 Å². The Bertz CT molecular complexity index is 522. The molecule has 1 N–H and O–H groups in total. The summed E-state index contributed by atoms with van der Waals surface area (Å²) in [7, 11) is 1.69. The predicted molar refractivity (Wildman–Crippen MR) is 85.8 cm³/mol. The maximum absolute atomic E-state index is 5.32. The lowest BCUT2D eigenvalue weighted by atomic mass is 10.2. The van der Waals surface area contributed by atoms with E-state index in [0.29, 0.717) is 5.92 Å². The minimum absolute atomic E-state index is 0.703. The molecular formula is C14H21N3OS2. The number of thiophene rings is 1. The highest BCUT2D eigenvalue weighted by molar-refractivity contribution is 7.21. The van der Waals surface area contributed by atoms with E-state index in [0.717, 1.165) is 46.6 Å². The lowest BCUT2D eigenvalue weighted by Crippen LogP contribution is -2.21. The summed E-state index contributed by atoms with van der Waals surface area (Å²) in [5.74, 6) is 1.59. The summed E-state index contributed by atoms with van der Waals surface area (Å²) >= 11 is 3.31. The summed E-state index contributed by atoms with van der Waals surface area (Å²) in [6, 6.07) is 1.97. The van der Waals surface area contributed by atoms with Gasteiger partial charge in [0.05, 0.1) is 7.11 Å². The molecule has 0 aliphatic heterocycles. The van der Waals surface area contributed by atoms with E-state index in [1.165, 1.54) is 0 Å². The Morgan fingerprint density at radius 3 is 2.95 bits per heavy atom. The van der Waals surface area contributed by atoms with E-state index in [4.69, 9.17) is 4.74 Å². The molecule has 0 radical (unpaired) electrons. The largest absolute Gasteiger partial charge is 0.495 e. The number of nitrogens with zero attached hydrogens (tertiary/aromatic N) is 2. The molecule has 0 aromatic carbocycles. The Morgan fingerprint density at radius 2 is 2.20 bits per heavy atom. The van der Waals surface area contributed by atoms with E-state index < -0.39 is 0 Å². The zero-order chi connectivity index (χ0) is 14.4. The average molecular weight is 311 g/mol. The highest BCUT2D eigenvalue weighted by Crippen LogP contribution is 2.36. The molecule has 0 spiro atoms. The van der Waals surface area contributed by atoms with Gasteiger partial charge in [0.25, 0.3) is 0 Å². The molecule has 6 heteroatoms. The van der Waals surface area contributed by atoms with Gasteiger partial charge in [-0.3, -0.25) is 0 Å². The van der Waals surface area contributed by atoms with Crippen LogP contribution in [0.4, 0.5) is 0 Å². The monoisotopic (exact) mass is 311 g/mol. The van der Waals surface area contributed by atoms with Gasteiger partial charge in [-0.05, 0) is 36.9 Å². The molecule has 2 rings (SSSR count). The van der Waals surface area contributed by atoms with Crippen molar-refractivity contribution in [2.24, 2.45) is 5.92 Å². The summed E-state index contributed by atoms with van der Waals surface area (Å²) < 4.78 is 5.32. The molecule has 0 aliphatic carbocycles. The van der Waals surface area contributed by atoms with Crippen LogP contribution in [0, 0.1) is 5.92 Å². The van der Waals surface area contributed by atoms with Gasteiger partial charge in [0.15, 0.2) is 5.01 Å². The molecule has 20 heavy (non-hydrogen) atoms. The molecule has 2 aromatic heterocycles. The van der Waals surface area contributed by atoms with Gasteiger partial charge in [-0.15, -0.1) is 21.5 Å². The van der Waals surface area contributed by atoms with Crippen LogP contribution in [-0.2, 0) is 6.42 Å². The lowest BCUT2D eigenvalue weighted by Gasteiger charge is -2.05. The van der Waals surface area contributed by atoms with E-state index in [-0.39, 0.29) is 0 Å². The van der Waals surface area contributed by atoms with E-state index >= 15 is 0 Å². The second kappa shape index (κ2) is 7.71. The quantitative estimate of drug-likeness (QED) is 0.759. The molecule has 0 bridgehead atoms. The summed E-state index contributed by atoms with van der Waals surface area (Å²) in [6.07, 6.45) is 2.08. The van der Waals surface area contributed by atoms with Crippen molar-refractivity contribution in [1.82, 2.24) is 15.5 Å². The molecule has 4 nitrogen and oxygen atoms in total. The Hall–Kier alpha value is -0.980. The van der Waals surface area contributed by atoms with Gasteiger partial charge >= 0.3 is 0 Å². The normalized spacial score (nSPS) is 11.2. The number of methoxy groups -OCH3 is 1. The van der Waals surface area contributed by atoms with Crippen LogP contribution < -0.4 is 10.1 Å². The van der Waals surface area contributed by atoms with Crippen LogP contribution in [0.2, 0.25) is 0 Å². The zero-order valence-electron chi connectivity index (χ0n) is 12.2. The Morgan fingerprint density at radius 1 is 1.35 bits per heavy atom. The molecule has 0 amide bonds. The van der Waals surface area contributed by atoms with Crippen LogP contribution >= 0.6 is 22.7 Å². The van der Waals surface area contributed by atoms with E-state index in [1.54, 1.807) is 29.8 Å². The smallest absolute Gasteiger partial charge is 0.161 e. The fraction of sp³-hybridized carbons (Fsp3) is 0.571. The molecule has 0 aliphatic rings. The summed E-state index contributed by atoms with van der Waals surface area (Å²) in [5, 5.41) is 16.1. The first-order valence-corrected chi connectivity index (χ1v) is 8.55. The minimum Gasteiger partial charge on any atom is -0.495 e. The Balaban J connectivity index is 1.83. The second-order valence-corrected chi connectivity index (χ2v) is 7.00. The van der Waals surface area contributed by atoms with E-state index in [2.05, 4.69) is 29.4 Å². The summed E-state index contributed by atoms with van der Waals surface area (Å²) in [5.41, 5.74) is 0. The van der Waals surface area contributed by atoms with Crippen molar-refractivity contribution in [2.75, 3.05) is 20.2 Å². The second-order valence-electron chi connectivity index (χ2n) is 5.02. The Kier molecular flexibility index (Phi) is 5.94. The average Bonchev–Trinajstić information content (AvgIpc) is 3.05. The molecule has 0 atom stereocenters. The van der Waals surface area contributed by atoms with Crippen LogP contribution in [0.3, 0.4) is 0 Å². The molecule has 2 aromatic rings. The van der Waals surface area contributed by atoms with Crippen LogP contribution in [0.25, 0.3) is 9.88 Å². The number of nitrogens with one attached hydrogen (secondary N) is 1. The summed E-state index contributed by atoms with van der Waals surface area (Å²) in [6.45, 7) is 6.56. The molecule has 0 fully saturated rings. The van der Waals surface area contributed by atoms with Crippen molar-refractivity contribution < 1.29 is 4.74 Å². The molecule has 0 unspecified atom stereocenters. The van der Waals surface area contributed by atoms with Crippen LogP contribution in [0.1, 0.15) is 25.3 Å². The first-order chi connectivity index (χ1) is 9.70. The molecule has 2 heterocycles. The van der Waals surface area contributed by atoms with Crippen molar-refractivity contribution in [3.8, 4) is 15.6 Å². The third-order valence-electron chi connectivity index (χ3n) is 2.81. The first-order valence-electron chi connectivity index (χ1n) is 6.85.